The van der Waals surface area contributed by atoms with E-state index in [1.165, 1.54) is 0 Å². The average molecular weight is 333 g/mol. The molecule has 23 heavy (non-hydrogen) atoms. The molecule has 1 unspecified atom stereocenters. The SMILES string of the molecule is CC(C(=O)Nc1ccccc1Cl)N(C)CCOc1ccccc1. The molecule has 0 heterocycles. The first-order valence-electron chi connectivity index (χ1n) is 7.51. The van der Waals surface area contributed by atoms with Gasteiger partial charge >= 0.3 is 0 Å². The van der Waals surface area contributed by atoms with Crippen LogP contribution in [-0.4, -0.2) is 37.0 Å². The van der Waals surface area contributed by atoms with Gasteiger partial charge in [0, 0.05) is 6.54 Å². The van der Waals surface area contributed by atoms with Crippen molar-refractivity contribution in [3.05, 3.63) is 59.6 Å². The van der Waals surface area contributed by atoms with Crippen molar-refractivity contribution < 1.29 is 9.53 Å². The van der Waals surface area contributed by atoms with Crippen LogP contribution in [0.2, 0.25) is 5.02 Å². The molecule has 1 atom stereocenters. The van der Waals surface area contributed by atoms with Crippen LogP contribution in [0.1, 0.15) is 6.92 Å². The molecule has 0 aliphatic rings. The van der Waals surface area contributed by atoms with Gasteiger partial charge in [-0.2, -0.15) is 0 Å². The molecule has 0 fully saturated rings. The molecule has 1 amide bonds. The second kappa shape index (κ2) is 8.56. The Kier molecular flexibility index (Phi) is 6.44. The number of para-hydroxylation sites is 2. The van der Waals surface area contributed by atoms with E-state index < -0.39 is 0 Å². The fraction of sp³-hybridized carbons (Fsp3) is 0.278. The van der Waals surface area contributed by atoms with Crippen LogP contribution in [0.5, 0.6) is 5.75 Å². The summed E-state index contributed by atoms with van der Waals surface area (Å²) in [6, 6.07) is 16.5. The number of hydrogen-bond donors (Lipinski definition) is 1. The molecule has 1 N–H and O–H groups in total. The number of nitrogens with one attached hydrogen (secondary N) is 1. The molecule has 0 spiro atoms. The zero-order valence-electron chi connectivity index (χ0n) is 13.3. The molecule has 4 nitrogen and oxygen atoms in total. The van der Waals surface area contributed by atoms with E-state index in [1.54, 1.807) is 12.1 Å². The summed E-state index contributed by atoms with van der Waals surface area (Å²) in [5, 5.41) is 3.38. The largest absolute Gasteiger partial charge is 0.492 e. The van der Waals surface area contributed by atoms with E-state index in [9.17, 15) is 4.79 Å². The maximum Gasteiger partial charge on any atom is 0.241 e. The lowest BCUT2D eigenvalue weighted by Crippen LogP contribution is -2.41. The van der Waals surface area contributed by atoms with Gasteiger partial charge in [0.2, 0.25) is 5.91 Å². The quantitative estimate of drug-likeness (QED) is 0.841. The number of halogens is 1. The number of carbonyl (C=O) groups excluding carboxylic acids is 1. The molecular weight excluding hydrogens is 312 g/mol. The second-order valence-electron chi connectivity index (χ2n) is 5.29. The highest BCUT2D eigenvalue weighted by Crippen LogP contribution is 2.20. The number of nitrogens with zero attached hydrogens (tertiary/aromatic N) is 1. The third-order valence-electron chi connectivity index (χ3n) is 3.63. The van der Waals surface area contributed by atoms with Crippen LogP contribution in [-0.2, 0) is 4.79 Å². The topological polar surface area (TPSA) is 41.6 Å². The number of ether oxygens (including phenoxy) is 1. The van der Waals surface area contributed by atoms with E-state index in [0.29, 0.717) is 23.9 Å². The summed E-state index contributed by atoms with van der Waals surface area (Å²) in [6.07, 6.45) is 0. The van der Waals surface area contributed by atoms with Gasteiger partial charge in [0.25, 0.3) is 0 Å². The van der Waals surface area contributed by atoms with E-state index >= 15 is 0 Å². The van der Waals surface area contributed by atoms with Crippen molar-refractivity contribution >= 4 is 23.2 Å². The predicted molar refractivity (Wildman–Crippen MR) is 94.1 cm³/mol. The molecule has 0 aliphatic carbocycles. The standard InChI is InChI=1S/C18H21ClN2O2/c1-14(18(22)20-17-11-7-6-10-16(17)19)21(2)12-13-23-15-8-4-3-5-9-15/h3-11,14H,12-13H2,1-2H3,(H,20,22). The molecule has 0 radical (unpaired) electrons. The zero-order chi connectivity index (χ0) is 16.7. The van der Waals surface area contributed by atoms with Crippen molar-refractivity contribution in [2.24, 2.45) is 0 Å². The number of amides is 1. The van der Waals surface area contributed by atoms with Gasteiger partial charge in [-0.25, -0.2) is 0 Å². The van der Waals surface area contributed by atoms with Crippen LogP contribution < -0.4 is 10.1 Å². The van der Waals surface area contributed by atoms with Crippen LogP contribution in [0.15, 0.2) is 54.6 Å². The van der Waals surface area contributed by atoms with Gasteiger partial charge in [-0.1, -0.05) is 41.9 Å². The number of carbonyl (C=O) groups is 1. The third kappa shape index (κ3) is 5.27. The molecule has 0 saturated carbocycles. The minimum Gasteiger partial charge on any atom is -0.492 e. The highest BCUT2D eigenvalue weighted by atomic mass is 35.5. The summed E-state index contributed by atoms with van der Waals surface area (Å²) in [5.74, 6) is 0.731. The molecular formula is C18H21ClN2O2. The summed E-state index contributed by atoms with van der Waals surface area (Å²) < 4.78 is 5.65. The Hall–Kier alpha value is -2.04. The molecule has 0 aliphatic heterocycles. The number of likely N-dealkylation sites (N-methyl/N-ethyl adjacent to an activating group) is 1. The minimum atomic E-state index is -0.286. The van der Waals surface area contributed by atoms with Gasteiger partial charge in [0.1, 0.15) is 12.4 Å². The van der Waals surface area contributed by atoms with Gasteiger partial charge in [-0.15, -0.1) is 0 Å². The van der Waals surface area contributed by atoms with Crippen LogP contribution in [0.3, 0.4) is 0 Å². The number of hydrogen-bond acceptors (Lipinski definition) is 3. The van der Waals surface area contributed by atoms with Gasteiger partial charge in [0.15, 0.2) is 0 Å². The van der Waals surface area contributed by atoms with Crippen LogP contribution >= 0.6 is 11.6 Å². The normalized spacial score (nSPS) is 12.0. The molecule has 0 saturated heterocycles. The van der Waals surface area contributed by atoms with Crippen molar-refractivity contribution in [2.75, 3.05) is 25.5 Å². The maximum atomic E-state index is 12.3. The molecule has 0 aromatic heterocycles. The Morgan fingerprint density at radius 1 is 1.17 bits per heavy atom. The Balaban J connectivity index is 1.80. The fourth-order valence-corrected chi connectivity index (χ4v) is 2.20. The lowest BCUT2D eigenvalue weighted by atomic mass is 10.2. The average Bonchev–Trinajstić information content (AvgIpc) is 2.57. The highest BCUT2D eigenvalue weighted by Gasteiger charge is 2.18. The van der Waals surface area contributed by atoms with Gasteiger partial charge in [-0.3, -0.25) is 9.69 Å². The van der Waals surface area contributed by atoms with Crippen LogP contribution in [0.4, 0.5) is 5.69 Å². The van der Waals surface area contributed by atoms with E-state index in [1.807, 2.05) is 61.3 Å². The minimum absolute atomic E-state index is 0.0969. The monoisotopic (exact) mass is 332 g/mol. The summed E-state index contributed by atoms with van der Waals surface area (Å²) in [6.45, 7) is 3.02. The number of rotatable bonds is 7. The Bertz CT molecular complexity index is 634. The van der Waals surface area contributed by atoms with E-state index in [2.05, 4.69) is 5.32 Å². The maximum absolute atomic E-state index is 12.3. The smallest absolute Gasteiger partial charge is 0.241 e. The molecule has 2 aromatic carbocycles. The first-order valence-corrected chi connectivity index (χ1v) is 7.89. The van der Waals surface area contributed by atoms with Crippen molar-refractivity contribution in [1.29, 1.82) is 0 Å². The van der Waals surface area contributed by atoms with E-state index in [-0.39, 0.29) is 11.9 Å². The fourth-order valence-electron chi connectivity index (χ4n) is 2.02. The van der Waals surface area contributed by atoms with Crippen molar-refractivity contribution in [2.45, 2.75) is 13.0 Å². The number of benzene rings is 2. The molecule has 5 heteroatoms. The van der Waals surface area contributed by atoms with Gasteiger partial charge < -0.3 is 10.1 Å². The predicted octanol–water partition coefficient (Wildman–Crippen LogP) is 3.68. The molecule has 0 bridgehead atoms. The lowest BCUT2D eigenvalue weighted by Gasteiger charge is -2.24. The van der Waals surface area contributed by atoms with Crippen LogP contribution in [0, 0.1) is 0 Å². The van der Waals surface area contributed by atoms with E-state index in [0.717, 1.165) is 5.75 Å². The van der Waals surface area contributed by atoms with E-state index in [4.69, 9.17) is 16.3 Å². The van der Waals surface area contributed by atoms with Crippen LogP contribution in [0.25, 0.3) is 0 Å². The Labute approximate surface area is 142 Å². The van der Waals surface area contributed by atoms with Crippen molar-refractivity contribution in [1.82, 2.24) is 4.90 Å². The second-order valence-corrected chi connectivity index (χ2v) is 5.69. The first-order chi connectivity index (χ1) is 11.1. The van der Waals surface area contributed by atoms with Gasteiger partial charge in [0.05, 0.1) is 16.8 Å². The Morgan fingerprint density at radius 3 is 2.52 bits per heavy atom. The summed E-state index contributed by atoms with van der Waals surface area (Å²) in [7, 11) is 1.89. The summed E-state index contributed by atoms with van der Waals surface area (Å²) >= 11 is 6.06. The third-order valence-corrected chi connectivity index (χ3v) is 3.96. The van der Waals surface area contributed by atoms with Gasteiger partial charge in [-0.05, 0) is 38.2 Å². The lowest BCUT2D eigenvalue weighted by molar-refractivity contribution is -0.120. The summed E-state index contributed by atoms with van der Waals surface area (Å²) in [4.78, 5) is 14.2. The van der Waals surface area contributed by atoms with Crippen molar-refractivity contribution in [3.8, 4) is 5.75 Å². The number of anilines is 1. The molecule has 2 rings (SSSR count). The van der Waals surface area contributed by atoms with Crippen molar-refractivity contribution in [3.63, 3.8) is 0 Å². The highest BCUT2D eigenvalue weighted by molar-refractivity contribution is 6.33. The molecule has 2 aromatic rings. The summed E-state index contributed by atoms with van der Waals surface area (Å²) in [5.41, 5.74) is 0.625. The Morgan fingerprint density at radius 2 is 1.83 bits per heavy atom. The first kappa shape index (κ1) is 17.3. The zero-order valence-corrected chi connectivity index (χ0v) is 14.1. The molecule has 122 valence electrons.